The molecule has 0 rings (SSSR count). The molecule has 0 heterocycles. The molecule has 7 heteroatoms. The van der Waals surface area contributed by atoms with Crippen molar-refractivity contribution >= 4 is 32.1 Å². The molecule has 0 spiro atoms. The second-order valence-electron chi connectivity index (χ2n) is 6.06. The SMILES string of the molecule is CCCC[Si](C)O[Si](C)([Si](C)(C)O)[Si](C)(C)O. The highest BCUT2D eigenvalue weighted by Crippen LogP contribution is 2.28. The number of unbranched alkanes of at least 4 members (excludes halogenated alkanes) is 1. The molecular weight excluding hydrogens is 280 g/mol. The van der Waals surface area contributed by atoms with Crippen LogP contribution in [0.4, 0.5) is 0 Å². The first-order valence-electron chi connectivity index (χ1n) is 6.42. The molecular formula is C10H29O3Si4. The third-order valence-electron chi connectivity index (χ3n) is 3.60. The summed E-state index contributed by atoms with van der Waals surface area (Å²) in [5.41, 5.74) is 0. The van der Waals surface area contributed by atoms with E-state index in [1.165, 1.54) is 12.8 Å². The van der Waals surface area contributed by atoms with E-state index in [1.807, 2.05) is 26.2 Å². The van der Waals surface area contributed by atoms with Crippen LogP contribution in [0.1, 0.15) is 19.8 Å². The van der Waals surface area contributed by atoms with Gasteiger partial charge in [0.25, 0.3) is 0 Å². The molecule has 0 bridgehead atoms. The first kappa shape index (κ1) is 17.7. The van der Waals surface area contributed by atoms with Crippen LogP contribution in [0.25, 0.3) is 0 Å². The lowest BCUT2D eigenvalue weighted by atomic mass is 10.4. The zero-order valence-electron chi connectivity index (χ0n) is 12.4. The number of rotatable bonds is 7. The van der Waals surface area contributed by atoms with Crippen LogP contribution in [-0.4, -0.2) is 41.7 Å². The van der Waals surface area contributed by atoms with Gasteiger partial charge in [-0.1, -0.05) is 19.8 Å². The molecule has 0 aromatic carbocycles. The van der Waals surface area contributed by atoms with Crippen molar-refractivity contribution in [2.24, 2.45) is 0 Å². The summed E-state index contributed by atoms with van der Waals surface area (Å²) < 4.78 is 6.33. The minimum Gasteiger partial charge on any atom is -0.456 e. The lowest BCUT2D eigenvalue weighted by Gasteiger charge is -2.44. The molecule has 1 radical (unpaired) electrons. The van der Waals surface area contributed by atoms with Crippen LogP contribution in [0.2, 0.25) is 45.3 Å². The molecule has 0 saturated carbocycles. The van der Waals surface area contributed by atoms with Crippen molar-refractivity contribution in [2.45, 2.75) is 65.1 Å². The van der Waals surface area contributed by atoms with Gasteiger partial charge in [0.15, 0.2) is 24.7 Å². The van der Waals surface area contributed by atoms with Crippen LogP contribution in [0, 0.1) is 0 Å². The molecule has 0 aliphatic rings. The van der Waals surface area contributed by atoms with E-state index in [0.29, 0.717) is 0 Å². The lowest BCUT2D eigenvalue weighted by molar-refractivity contribution is 0.510. The van der Waals surface area contributed by atoms with Gasteiger partial charge in [0.05, 0.1) is 0 Å². The van der Waals surface area contributed by atoms with Crippen LogP contribution >= 0.6 is 0 Å². The fourth-order valence-electron chi connectivity index (χ4n) is 1.82. The summed E-state index contributed by atoms with van der Waals surface area (Å²) >= 11 is 0. The maximum absolute atomic E-state index is 10.5. The summed E-state index contributed by atoms with van der Waals surface area (Å²) in [6, 6.07) is 1.12. The Kier molecular flexibility index (Phi) is 6.54. The van der Waals surface area contributed by atoms with Crippen molar-refractivity contribution in [1.29, 1.82) is 0 Å². The van der Waals surface area contributed by atoms with Crippen molar-refractivity contribution in [2.75, 3.05) is 0 Å². The predicted octanol–water partition coefficient (Wildman–Crippen LogP) is 2.55. The highest BCUT2D eigenvalue weighted by Gasteiger charge is 2.58. The average molecular weight is 310 g/mol. The van der Waals surface area contributed by atoms with Gasteiger partial charge in [-0.3, -0.25) is 0 Å². The molecule has 3 nitrogen and oxygen atoms in total. The lowest BCUT2D eigenvalue weighted by Crippen LogP contribution is -2.75. The average Bonchev–Trinajstić information content (AvgIpc) is 2.10. The van der Waals surface area contributed by atoms with E-state index in [9.17, 15) is 9.59 Å². The van der Waals surface area contributed by atoms with Gasteiger partial charge >= 0.3 is 0 Å². The molecule has 103 valence electrons. The first-order chi connectivity index (χ1) is 7.45. The zero-order chi connectivity index (χ0) is 13.9. The Morgan fingerprint density at radius 2 is 1.41 bits per heavy atom. The highest BCUT2D eigenvalue weighted by molar-refractivity contribution is 7.64. The van der Waals surface area contributed by atoms with Crippen LogP contribution in [0.15, 0.2) is 0 Å². The standard InChI is InChI=1S/C10H29O3Si4/c1-8-9-10-14(2)13-17(7,15(3,4)11)16(5,6)12/h11-12H,8-10H2,1-7H3. The molecule has 0 aromatic heterocycles. The van der Waals surface area contributed by atoms with Gasteiger partial charge in [-0.2, -0.15) is 0 Å². The van der Waals surface area contributed by atoms with E-state index in [-0.39, 0.29) is 0 Å². The van der Waals surface area contributed by atoms with Gasteiger partial charge in [-0.15, -0.1) is 0 Å². The summed E-state index contributed by atoms with van der Waals surface area (Å²) in [6.07, 6.45) is 2.37. The van der Waals surface area contributed by atoms with Gasteiger partial charge < -0.3 is 13.7 Å². The smallest absolute Gasteiger partial charge is 0.213 e. The predicted molar refractivity (Wildman–Crippen MR) is 83.4 cm³/mol. The van der Waals surface area contributed by atoms with E-state index in [4.69, 9.17) is 4.12 Å². The second kappa shape index (κ2) is 6.26. The third-order valence-corrected chi connectivity index (χ3v) is 39.2. The molecule has 0 amide bonds. The largest absolute Gasteiger partial charge is 0.456 e. The zero-order valence-corrected chi connectivity index (χ0v) is 16.4. The molecule has 0 unspecified atom stereocenters. The summed E-state index contributed by atoms with van der Waals surface area (Å²) in [4.78, 5) is 21.0. The van der Waals surface area contributed by atoms with E-state index in [2.05, 4.69) is 20.0 Å². The Hall–Kier alpha value is 0.748. The highest BCUT2D eigenvalue weighted by atomic mass is 29.7. The molecule has 0 aromatic rings. The Bertz CT molecular complexity index is 221. The van der Waals surface area contributed by atoms with Crippen molar-refractivity contribution in [1.82, 2.24) is 0 Å². The number of hydrogen-bond acceptors (Lipinski definition) is 3. The Morgan fingerprint density at radius 3 is 1.71 bits per heavy atom. The molecule has 0 saturated heterocycles. The first-order valence-corrected chi connectivity index (χ1v) is 18.8. The van der Waals surface area contributed by atoms with Gasteiger partial charge in [-0.25, -0.2) is 0 Å². The van der Waals surface area contributed by atoms with E-state index < -0.39 is 32.1 Å². The van der Waals surface area contributed by atoms with Gasteiger partial charge in [0.1, 0.15) is 0 Å². The Morgan fingerprint density at radius 1 is 1.00 bits per heavy atom. The molecule has 0 atom stereocenters. The molecule has 2 N–H and O–H groups in total. The van der Waals surface area contributed by atoms with Gasteiger partial charge in [-0.05, 0) is 45.3 Å². The maximum atomic E-state index is 10.5. The normalized spacial score (nSPS) is 14.5. The van der Waals surface area contributed by atoms with Crippen molar-refractivity contribution in [3.8, 4) is 0 Å². The third kappa shape index (κ3) is 4.73. The maximum Gasteiger partial charge on any atom is 0.213 e. The fourth-order valence-corrected chi connectivity index (χ4v) is 35.0. The van der Waals surface area contributed by atoms with Crippen molar-refractivity contribution < 1.29 is 13.7 Å². The van der Waals surface area contributed by atoms with Crippen LogP contribution < -0.4 is 0 Å². The topological polar surface area (TPSA) is 49.7 Å². The number of hydrogen-bond donors (Lipinski definition) is 2. The second-order valence-corrected chi connectivity index (χ2v) is 31.6. The van der Waals surface area contributed by atoms with E-state index >= 15 is 0 Å². The fraction of sp³-hybridized carbons (Fsp3) is 1.00. The summed E-state index contributed by atoms with van der Waals surface area (Å²) in [5.74, 6) is 0. The van der Waals surface area contributed by atoms with E-state index in [1.54, 1.807) is 0 Å². The quantitative estimate of drug-likeness (QED) is 0.711. The van der Waals surface area contributed by atoms with Crippen LogP contribution in [0.5, 0.6) is 0 Å². The molecule has 0 aliphatic carbocycles. The summed E-state index contributed by atoms with van der Waals surface area (Å²) in [6.45, 7) is 14.1. The summed E-state index contributed by atoms with van der Waals surface area (Å²) in [7, 11) is -7.98. The minimum atomic E-state index is -2.39. The molecule has 0 fully saturated rings. The van der Waals surface area contributed by atoms with Crippen LogP contribution in [-0.2, 0) is 4.12 Å². The van der Waals surface area contributed by atoms with Gasteiger partial charge in [0, 0.05) is 0 Å². The monoisotopic (exact) mass is 309 g/mol. The Balaban J connectivity index is 4.86. The summed E-state index contributed by atoms with van der Waals surface area (Å²) in [5, 5.41) is 0. The van der Waals surface area contributed by atoms with Gasteiger partial charge in [0.2, 0.25) is 7.35 Å². The van der Waals surface area contributed by atoms with Crippen molar-refractivity contribution in [3.05, 3.63) is 0 Å². The Labute approximate surface area is 111 Å². The van der Waals surface area contributed by atoms with E-state index in [0.717, 1.165) is 6.04 Å². The van der Waals surface area contributed by atoms with Crippen molar-refractivity contribution in [3.63, 3.8) is 0 Å². The van der Waals surface area contributed by atoms with Crippen LogP contribution in [0.3, 0.4) is 0 Å². The minimum absolute atomic E-state index is 0.863. The molecule has 17 heavy (non-hydrogen) atoms. The molecule has 0 aliphatic heterocycles.